The Labute approximate surface area is 157 Å². The lowest BCUT2D eigenvalue weighted by Crippen LogP contribution is -2.62. The average molecular weight is 373 g/mol. The summed E-state index contributed by atoms with van der Waals surface area (Å²) in [7, 11) is 0. The largest absolute Gasteiger partial charge is 0.379 e. The number of aromatic amines is 1. The van der Waals surface area contributed by atoms with E-state index in [-0.39, 0.29) is 5.82 Å². The Morgan fingerprint density at radius 2 is 2.00 bits per heavy atom. The summed E-state index contributed by atoms with van der Waals surface area (Å²) in [6.45, 7) is 6.78. The van der Waals surface area contributed by atoms with Gasteiger partial charge < -0.3 is 15.0 Å². The minimum atomic E-state index is -0.419. The van der Waals surface area contributed by atoms with E-state index in [4.69, 9.17) is 4.74 Å². The Morgan fingerprint density at radius 3 is 2.74 bits per heavy atom. The van der Waals surface area contributed by atoms with Crippen LogP contribution in [-0.2, 0) is 4.74 Å². The molecule has 0 unspecified atom stereocenters. The van der Waals surface area contributed by atoms with Crippen molar-refractivity contribution >= 4 is 17.5 Å². The Bertz CT molecular complexity index is 825. The molecule has 0 aromatic carbocycles. The van der Waals surface area contributed by atoms with Gasteiger partial charge >= 0.3 is 0 Å². The van der Waals surface area contributed by atoms with E-state index < -0.39 is 5.82 Å². The fourth-order valence-corrected chi connectivity index (χ4v) is 3.76. The normalized spacial score (nSPS) is 21.3. The van der Waals surface area contributed by atoms with Gasteiger partial charge in [-0.25, -0.2) is 9.97 Å². The van der Waals surface area contributed by atoms with Crippen molar-refractivity contribution in [2.75, 3.05) is 49.6 Å². The minimum absolute atomic E-state index is 0.182. The van der Waals surface area contributed by atoms with Crippen molar-refractivity contribution in [2.45, 2.75) is 31.7 Å². The van der Waals surface area contributed by atoms with Crippen molar-refractivity contribution < 1.29 is 9.13 Å². The molecular weight excluding hydrogens is 349 g/mol. The molecule has 5 rings (SSSR count). The zero-order chi connectivity index (χ0) is 18.4. The van der Waals surface area contributed by atoms with Gasteiger partial charge in [0, 0.05) is 49.9 Å². The molecule has 27 heavy (non-hydrogen) atoms. The summed E-state index contributed by atoms with van der Waals surface area (Å²) in [6.07, 6.45) is 2.37. The summed E-state index contributed by atoms with van der Waals surface area (Å²) in [6, 6.07) is 2.37. The first-order valence-corrected chi connectivity index (χ1v) is 9.60. The molecule has 9 heteroatoms. The van der Waals surface area contributed by atoms with Gasteiger partial charge in [-0.15, -0.1) is 0 Å². The maximum Gasteiger partial charge on any atom is 0.208 e. The minimum Gasteiger partial charge on any atom is -0.379 e. The number of aromatic nitrogens is 4. The van der Waals surface area contributed by atoms with Crippen LogP contribution < -0.4 is 10.2 Å². The molecule has 0 amide bonds. The molecule has 1 aliphatic carbocycles. The molecule has 0 bridgehead atoms. The fourth-order valence-electron chi connectivity index (χ4n) is 3.76. The van der Waals surface area contributed by atoms with Crippen LogP contribution in [0, 0.1) is 12.7 Å². The summed E-state index contributed by atoms with van der Waals surface area (Å²) in [5.41, 5.74) is 1.10. The van der Waals surface area contributed by atoms with Gasteiger partial charge in [-0.1, -0.05) is 0 Å². The highest BCUT2D eigenvalue weighted by atomic mass is 19.1. The Balaban J connectivity index is 1.30. The zero-order valence-corrected chi connectivity index (χ0v) is 15.4. The molecule has 2 saturated heterocycles. The third-order valence-electron chi connectivity index (χ3n) is 5.53. The quantitative estimate of drug-likeness (QED) is 0.827. The first kappa shape index (κ1) is 16.9. The molecule has 8 nitrogen and oxygen atoms in total. The molecule has 1 saturated carbocycles. The molecule has 2 N–H and O–H groups in total. The fraction of sp³-hybridized carbons (Fsp3) is 0.611. The SMILES string of the molecule is Cc1nc(Nc2cc(C3CC3)[nH]n2)c(F)c(N2CC(N3CCOCC3)C2)n1. The number of H-pyrrole nitrogens is 1. The van der Waals surface area contributed by atoms with Crippen LogP contribution in [0.25, 0.3) is 0 Å². The van der Waals surface area contributed by atoms with Gasteiger partial charge in [0.05, 0.1) is 13.2 Å². The smallest absolute Gasteiger partial charge is 0.208 e. The Morgan fingerprint density at radius 1 is 1.22 bits per heavy atom. The van der Waals surface area contributed by atoms with Crippen LogP contribution in [0.2, 0.25) is 0 Å². The van der Waals surface area contributed by atoms with Gasteiger partial charge in [0.1, 0.15) is 5.82 Å². The monoisotopic (exact) mass is 373 g/mol. The van der Waals surface area contributed by atoms with Gasteiger partial charge in [0.25, 0.3) is 0 Å². The lowest BCUT2D eigenvalue weighted by Gasteiger charge is -2.47. The van der Waals surface area contributed by atoms with Crippen molar-refractivity contribution in [3.05, 3.63) is 23.4 Å². The first-order valence-electron chi connectivity index (χ1n) is 9.60. The maximum absolute atomic E-state index is 15.1. The van der Waals surface area contributed by atoms with Gasteiger partial charge in [0.2, 0.25) is 5.82 Å². The second-order valence-electron chi connectivity index (χ2n) is 7.57. The highest BCUT2D eigenvalue weighted by Gasteiger charge is 2.35. The summed E-state index contributed by atoms with van der Waals surface area (Å²) < 4.78 is 20.5. The van der Waals surface area contributed by atoms with Crippen LogP contribution >= 0.6 is 0 Å². The number of anilines is 3. The standard InChI is InChI=1S/C18H24FN7O/c1-11-20-17(22-15-8-14(23-24-15)12-2-3-12)16(19)18(21-11)26-9-13(10-26)25-4-6-27-7-5-25/h8,12-13H,2-7,9-10H2,1H3,(H2,20,21,22,23,24). The van der Waals surface area contributed by atoms with Gasteiger partial charge in [0.15, 0.2) is 17.5 Å². The number of hydrogen-bond acceptors (Lipinski definition) is 7. The molecule has 0 radical (unpaired) electrons. The van der Waals surface area contributed by atoms with E-state index >= 15 is 4.39 Å². The zero-order valence-electron chi connectivity index (χ0n) is 15.4. The van der Waals surface area contributed by atoms with Crippen molar-refractivity contribution in [1.82, 2.24) is 25.1 Å². The lowest BCUT2D eigenvalue weighted by molar-refractivity contribution is 0.0103. The lowest BCUT2D eigenvalue weighted by atomic mass is 10.1. The number of rotatable bonds is 5. The maximum atomic E-state index is 15.1. The average Bonchev–Trinajstić information content (AvgIpc) is 3.38. The molecule has 3 aliphatic rings. The molecule has 2 aromatic heterocycles. The first-order chi connectivity index (χ1) is 13.2. The molecule has 144 valence electrons. The molecule has 0 spiro atoms. The van der Waals surface area contributed by atoms with E-state index in [9.17, 15) is 0 Å². The molecule has 2 aromatic rings. The highest BCUT2D eigenvalue weighted by molar-refractivity contribution is 5.59. The highest BCUT2D eigenvalue weighted by Crippen LogP contribution is 2.39. The molecule has 3 fully saturated rings. The van der Waals surface area contributed by atoms with Crippen molar-refractivity contribution in [2.24, 2.45) is 0 Å². The number of aryl methyl sites for hydroxylation is 1. The number of morpholine rings is 1. The van der Waals surface area contributed by atoms with Crippen LogP contribution in [0.3, 0.4) is 0 Å². The van der Waals surface area contributed by atoms with Crippen LogP contribution in [0.4, 0.5) is 21.8 Å². The van der Waals surface area contributed by atoms with Gasteiger partial charge in [-0.3, -0.25) is 10.00 Å². The second-order valence-corrected chi connectivity index (χ2v) is 7.57. The molecule has 0 atom stereocenters. The van der Waals surface area contributed by atoms with Crippen molar-refractivity contribution in [3.8, 4) is 0 Å². The van der Waals surface area contributed by atoms with Crippen molar-refractivity contribution in [3.63, 3.8) is 0 Å². The summed E-state index contributed by atoms with van der Waals surface area (Å²) in [5.74, 6) is 1.83. The summed E-state index contributed by atoms with van der Waals surface area (Å²) >= 11 is 0. The number of nitrogens with one attached hydrogen (secondary N) is 2. The Hall–Kier alpha value is -2.26. The molecule has 2 aliphatic heterocycles. The van der Waals surface area contributed by atoms with Gasteiger partial charge in [-0.2, -0.15) is 9.49 Å². The molecule has 4 heterocycles. The van der Waals surface area contributed by atoms with E-state index in [0.717, 1.165) is 45.1 Å². The van der Waals surface area contributed by atoms with Crippen molar-refractivity contribution in [1.29, 1.82) is 0 Å². The number of hydrogen-bond donors (Lipinski definition) is 2. The van der Waals surface area contributed by atoms with Crippen LogP contribution in [-0.4, -0.2) is 70.5 Å². The third kappa shape index (κ3) is 3.37. The Kier molecular flexibility index (Phi) is 4.20. The second kappa shape index (κ2) is 6.72. The van der Waals surface area contributed by atoms with E-state index in [0.29, 0.717) is 29.4 Å². The van der Waals surface area contributed by atoms with E-state index in [1.54, 1.807) is 6.92 Å². The topological polar surface area (TPSA) is 82.2 Å². The van der Waals surface area contributed by atoms with E-state index in [2.05, 4.69) is 30.4 Å². The number of halogens is 1. The van der Waals surface area contributed by atoms with Gasteiger partial charge in [-0.05, 0) is 19.8 Å². The van der Waals surface area contributed by atoms with Crippen LogP contribution in [0.5, 0.6) is 0 Å². The summed E-state index contributed by atoms with van der Waals surface area (Å²) in [5, 5.41) is 10.3. The van der Waals surface area contributed by atoms with Crippen LogP contribution in [0.1, 0.15) is 30.3 Å². The summed E-state index contributed by atoms with van der Waals surface area (Å²) in [4.78, 5) is 13.0. The molecular formula is C18H24FN7O. The van der Waals surface area contributed by atoms with E-state index in [1.165, 1.54) is 12.8 Å². The predicted molar refractivity (Wildman–Crippen MR) is 99.0 cm³/mol. The van der Waals surface area contributed by atoms with Crippen LogP contribution in [0.15, 0.2) is 6.07 Å². The van der Waals surface area contributed by atoms with E-state index in [1.807, 2.05) is 11.0 Å². The third-order valence-corrected chi connectivity index (χ3v) is 5.53. The predicted octanol–water partition coefficient (Wildman–Crippen LogP) is 1.79. The number of ether oxygens (including phenoxy) is 1. The number of nitrogens with zero attached hydrogens (tertiary/aromatic N) is 5.